The second-order valence-electron chi connectivity index (χ2n) is 7.15. The molecule has 0 aliphatic carbocycles. The molecule has 25 heavy (non-hydrogen) atoms. The predicted molar refractivity (Wildman–Crippen MR) is 97.1 cm³/mol. The van der Waals surface area contributed by atoms with E-state index < -0.39 is 6.10 Å². The zero-order chi connectivity index (χ0) is 17.1. The van der Waals surface area contributed by atoms with Crippen LogP contribution < -0.4 is 9.47 Å². The van der Waals surface area contributed by atoms with Gasteiger partial charge in [-0.3, -0.25) is 0 Å². The van der Waals surface area contributed by atoms with Crippen LogP contribution in [0.5, 0.6) is 11.5 Å². The van der Waals surface area contributed by atoms with Gasteiger partial charge in [0.05, 0.1) is 0 Å². The van der Waals surface area contributed by atoms with Gasteiger partial charge in [0.15, 0.2) is 0 Å². The molecule has 2 aromatic carbocycles. The summed E-state index contributed by atoms with van der Waals surface area (Å²) in [5.41, 5.74) is 1.29. The van der Waals surface area contributed by atoms with Crippen LogP contribution in [0.15, 0.2) is 54.6 Å². The standard InChI is InChI=1S/C21H25NO3/c23-18(16-24-19-7-2-1-3-8-19)15-22-12-10-21(11-13-22)14-17-6-4-5-9-20(17)25-21/h1-9,18,23H,10-16H2. The Morgan fingerprint density at radius 1 is 1.04 bits per heavy atom. The number of benzene rings is 2. The number of aliphatic hydroxyl groups excluding tert-OH is 1. The van der Waals surface area contributed by atoms with Gasteiger partial charge < -0.3 is 19.5 Å². The number of likely N-dealkylation sites (tertiary alicyclic amines) is 1. The highest BCUT2D eigenvalue weighted by Crippen LogP contribution is 2.40. The van der Waals surface area contributed by atoms with Crippen LogP contribution in [0.3, 0.4) is 0 Å². The van der Waals surface area contributed by atoms with E-state index in [4.69, 9.17) is 9.47 Å². The van der Waals surface area contributed by atoms with Crippen molar-refractivity contribution in [3.63, 3.8) is 0 Å². The molecule has 4 heteroatoms. The fourth-order valence-electron chi connectivity index (χ4n) is 3.85. The second-order valence-corrected chi connectivity index (χ2v) is 7.15. The summed E-state index contributed by atoms with van der Waals surface area (Å²) < 4.78 is 11.9. The van der Waals surface area contributed by atoms with Crippen LogP contribution in [0.4, 0.5) is 0 Å². The molecule has 1 unspecified atom stereocenters. The van der Waals surface area contributed by atoms with Crippen molar-refractivity contribution in [1.82, 2.24) is 4.90 Å². The molecule has 132 valence electrons. The van der Waals surface area contributed by atoms with Gasteiger partial charge in [-0.15, -0.1) is 0 Å². The monoisotopic (exact) mass is 339 g/mol. The summed E-state index contributed by atoms with van der Waals surface area (Å²) in [7, 11) is 0. The number of β-amino-alcohol motifs (C(OH)–C–C–N with tert-alkyl or cyclic N) is 1. The van der Waals surface area contributed by atoms with Crippen LogP contribution >= 0.6 is 0 Å². The molecule has 0 bridgehead atoms. The Hall–Kier alpha value is -2.04. The van der Waals surface area contributed by atoms with E-state index in [9.17, 15) is 5.11 Å². The number of piperidine rings is 1. The number of hydrogen-bond acceptors (Lipinski definition) is 4. The van der Waals surface area contributed by atoms with Crippen LogP contribution in [0.2, 0.25) is 0 Å². The van der Waals surface area contributed by atoms with Crippen molar-refractivity contribution in [3.05, 3.63) is 60.2 Å². The maximum Gasteiger partial charge on any atom is 0.123 e. The number of fused-ring (bicyclic) bond motifs is 1. The number of aliphatic hydroxyl groups is 1. The zero-order valence-electron chi connectivity index (χ0n) is 14.4. The minimum atomic E-state index is -0.476. The third-order valence-corrected chi connectivity index (χ3v) is 5.23. The lowest BCUT2D eigenvalue weighted by atomic mass is 9.87. The van der Waals surface area contributed by atoms with E-state index >= 15 is 0 Å². The zero-order valence-corrected chi connectivity index (χ0v) is 14.4. The van der Waals surface area contributed by atoms with Crippen molar-refractivity contribution in [2.75, 3.05) is 26.2 Å². The summed E-state index contributed by atoms with van der Waals surface area (Å²) in [6.07, 6.45) is 2.55. The number of hydrogen-bond donors (Lipinski definition) is 1. The first-order valence-electron chi connectivity index (χ1n) is 9.08. The van der Waals surface area contributed by atoms with Crippen molar-refractivity contribution in [3.8, 4) is 11.5 Å². The van der Waals surface area contributed by atoms with Crippen molar-refractivity contribution >= 4 is 0 Å². The topological polar surface area (TPSA) is 41.9 Å². The largest absolute Gasteiger partial charge is 0.491 e. The first-order chi connectivity index (χ1) is 12.2. The lowest BCUT2D eigenvalue weighted by Crippen LogP contribution is -2.49. The van der Waals surface area contributed by atoms with Gasteiger partial charge in [0.2, 0.25) is 0 Å². The van der Waals surface area contributed by atoms with Gasteiger partial charge in [-0.2, -0.15) is 0 Å². The Morgan fingerprint density at radius 2 is 1.76 bits per heavy atom. The van der Waals surface area contributed by atoms with Crippen LogP contribution in [0, 0.1) is 0 Å². The molecule has 4 nitrogen and oxygen atoms in total. The summed E-state index contributed by atoms with van der Waals surface area (Å²) in [5, 5.41) is 10.3. The minimum absolute atomic E-state index is 0.0360. The Balaban J connectivity index is 1.24. The Morgan fingerprint density at radius 3 is 2.52 bits per heavy atom. The number of rotatable bonds is 5. The highest BCUT2D eigenvalue weighted by atomic mass is 16.5. The van der Waals surface area contributed by atoms with Crippen LogP contribution in [-0.2, 0) is 6.42 Å². The van der Waals surface area contributed by atoms with Crippen LogP contribution in [0.1, 0.15) is 18.4 Å². The van der Waals surface area contributed by atoms with Gasteiger partial charge >= 0.3 is 0 Å². The average molecular weight is 339 g/mol. The Bertz CT molecular complexity index is 668. The fraction of sp³-hybridized carbons (Fsp3) is 0.429. The summed E-state index contributed by atoms with van der Waals surface area (Å²) >= 11 is 0. The molecule has 0 aromatic heterocycles. The predicted octanol–water partition coefficient (Wildman–Crippen LogP) is 2.90. The highest BCUT2D eigenvalue weighted by Gasteiger charge is 2.41. The second kappa shape index (κ2) is 7.06. The summed E-state index contributed by atoms with van der Waals surface area (Å²) in [4.78, 5) is 2.32. The molecular weight excluding hydrogens is 314 g/mol. The smallest absolute Gasteiger partial charge is 0.123 e. The van der Waals surface area contributed by atoms with E-state index in [2.05, 4.69) is 23.1 Å². The maximum absolute atomic E-state index is 10.3. The quantitative estimate of drug-likeness (QED) is 0.909. The van der Waals surface area contributed by atoms with Gasteiger partial charge in [-0.1, -0.05) is 36.4 Å². The van der Waals surface area contributed by atoms with Crippen LogP contribution in [-0.4, -0.2) is 48.0 Å². The molecule has 1 fully saturated rings. The number of nitrogens with zero attached hydrogens (tertiary/aromatic N) is 1. The third kappa shape index (κ3) is 3.80. The average Bonchev–Trinajstić information content (AvgIpc) is 3.01. The lowest BCUT2D eigenvalue weighted by Gasteiger charge is -2.39. The number of para-hydroxylation sites is 2. The van der Waals surface area contributed by atoms with Gasteiger partial charge in [-0.05, 0) is 23.8 Å². The first kappa shape index (κ1) is 16.4. The Kier molecular flexibility index (Phi) is 4.64. The van der Waals surface area contributed by atoms with E-state index in [0.717, 1.165) is 43.9 Å². The molecule has 2 aliphatic rings. The van der Waals surface area contributed by atoms with E-state index in [-0.39, 0.29) is 5.60 Å². The molecule has 1 saturated heterocycles. The lowest BCUT2D eigenvalue weighted by molar-refractivity contribution is -0.00195. The molecule has 1 spiro atoms. The van der Waals surface area contributed by atoms with E-state index in [0.29, 0.717) is 13.2 Å². The molecule has 0 radical (unpaired) electrons. The summed E-state index contributed by atoms with van der Waals surface area (Å²) in [5.74, 6) is 1.85. The molecule has 0 amide bonds. The first-order valence-corrected chi connectivity index (χ1v) is 9.08. The third-order valence-electron chi connectivity index (χ3n) is 5.23. The van der Waals surface area contributed by atoms with E-state index in [1.54, 1.807) is 0 Å². The normalized spacial score (nSPS) is 20.0. The van der Waals surface area contributed by atoms with Gasteiger partial charge in [-0.25, -0.2) is 0 Å². The molecule has 1 atom stereocenters. The molecule has 1 N–H and O–H groups in total. The molecule has 2 aliphatic heterocycles. The van der Waals surface area contributed by atoms with Crippen molar-refractivity contribution in [2.24, 2.45) is 0 Å². The summed E-state index contributed by atoms with van der Waals surface area (Å²) in [6.45, 7) is 2.89. The molecular formula is C21H25NO3. The number of ether oxygens (including phenoxy) is 2. The van der Waals surface area contributed by atoms with E-state index in [1.807, 2.05) is 36.4 Å². The van der Waals surface area contributed by atoms with Crippen LogP contribution in [0.25, 0.3) is 0 Å². The SMILES string of the molecule is OC(COc1ccccc1)CN1CCC2(CC1)Cc1ccccc1O2. The van der Waals surface area contributed by atoms with E-state index in [1.165, 1.54) is 5.56 Å². The van der Waals surface area contributed by atoms with Crippen molar-refractivity contribution in [1.29, 1.82) is 0 Å². The van der Waals surface area contributed by atoms with Gasteiger partial charge in [0.1, 0.15) is 29.8 Å². The molecule has 2 aromatic rings. The van der Waals surface area contributed by atoms with Crippen molar-refractivity contribution in [2.45, 2.75) is 31.0 Å². The molecule has 2 heterocycles. The molecule has 0 saturated carbocycles. The highest BCUT2D eigenvalue weighted by molar-refractivity contribution is 5.39. The van der Waals surface area contributed by atoms with Gasteiger partial charge in [0.25, 0.3) is 0 Å². The van der Waals surface area contributed by atoms with Gasteiger partial charge in [0, 0.05) is 38.9 Å². The minimum Gasteiger partial charge on any atom is -0.491 e. The fourth-order valence-corrected chi connectivity index (χ4v) is 3.85. The van der Waals surface area contributed by atoms with Crippen molar-refractivity contribution < 1.29 is 14.6 Å². The maximum atomic E-state index is 10.3. The summed E-state index contributed by atoms with van der Waals surface area (Å²) in [6, 6.07) is 18.0. The molecule has 4 rings (SSSR count). The Labute approximate surface area is 149 Å².